The fraction of sp³-hybridized carbons (Fsp3) is 0.500. The minimum Gasteiger partial charge on any atom is -0.352 e. The van der Waals surface area contributed by atoms with Crippen molar-refractivity contribution in [1.82, 2.24) is 15.1 Å². The minimum atomic E-state index is 0.0132. The van der Waals surface area contributed by atoms with Crippen LogP contribution in [0.3, 0.4) is 0 Å². The highest BCUT2D eigenvalue weighted by atomic mass is 16.2. The molecule has 1 N–H and O–H groups in total. The first-order valence-corrected chi connectivity index (χ1v) is 9.02. The molecule has 1 saturated heterocycles. The Balaban J connectivity index is 1.77. The van der Waals surface area contributed by atoms with Gasteiger partial charge in [0.05, 0.1) is 6.54 Å². The van der Waals surface area contributed by atoms with Crippen LogP contribution in [0, 0.1) is 6.92 Å². The van der Waals surface area contributed by atoms with Gasteiger partial charge in [-0.05, 0) is 30.9 Å². The summed E-state index contributed by atoms with van der Waals surface area (Å²) in [7, 11) is 0. The summed E-state index contributed by atoms with van der Waals surface area (Å²) in [5.74, 6) is 0.223. The molecule has 2 rings (SSSR count). The Bertz CT molecular complexity index is 600. The van der Waals surface area contributed by atoms with E-state index in [1.54, 1.807) is 6.08 Å². The number of nitrogens with one attached hydrogen (secondary N) is 1. The summed E-state index contributed by atoms with van der Waals surface area (Å²) in [6.07, 6.45) is 3.92. The van der Waals surface area contributed by atoms with Gasteiger partial charge in [-0.1, -0.05) is 30.3 Å². The number of nitrogens with zero attached hydrogens (tertiary/aromatic N) is 2. The number of carbonyl (C=O) groups is 2. The second-order valence-electron chi connectivity index (χ2n) is 6.53. The molecule has 0 aliphatic carbocycles. The molecule has 1 heterocycles. The van der Waals surface area contributed by atoms with Gasteiger partial charge in [0.1, 0.15) is 0 Å². The molecule has 1 fully saturated rings. The van der Waals surface area contributed by atoms with Gasteiger partial charge in [-0.3, -0.25) is 14.5 Å². The van der Waals surface area contributed by atoms with Gasteiger partial charge in [0, 0.05) is 39.1 Å². The highest BCUT2D eigenvalue weighted by Crippen LogP contribution is 2.12. The molecule has 136 valence electrons. The number of amides is 2. The average Bonchev–Trinajstić information content (AvgIpc) is 2.84. The number of carbonyl (C=O) groups excluding carboxylic acids is 2. The van der Waals surface area contributed by atoms with Crippen molar-refractivity contribution in [3.05, 3.63) is 48.0 Å². The summed E-state index contributed by atoms with van der Waals surface area (Å²) in [6.45, 7) is 9.63. The van der Waals surface area contributed by atoms with Gasteiger partial charge in [-0.2, -0.15) is 0 Å². The highest BCUT2D eigenvalue weighted by molar-refractivity contribution is 5.78. The van der Waals surface area contributed by atoms with Crippen LogP contribution < -0.4 is 5.32 Å². The van der Waals surface area contributed by atoms with Crippen molar-refractivity contribution < 1.29 is 9.59 Å². The third-order valence-corrected chi connectivity index (χ3v) is 4.62. The summed E-state index contributed by atoms with van der Waals surface area (Å²) in [5.41, 5.74) is 2.48. The number of aryl methyl sites for hydroxylation is 2. The smallest absolute Gasteiger partial charge is 0.234 e. The van der Waals surface area contributed by atoms with E-state index in [1.165, 1.54) is 11.1 Å². The lowest BCUT2D eigenvalue weighted by molar-refractivity contribution is -0.131. The molecule has 1 aromatic rings. The van der Waals surface area contributed by atoms with Crippen LogP contribution in [0.1, 0.15) is 24.0 Å². The standard InChI is InChI=1S/C20H29N3O2/c1-3-11-21-19(24)16-22-12-6-13-23(15-14-22)20(25)10-9-18-8-5-4-7-17(18)2/h3-5,7-8H,1,6,9-16H2,2H3,(H,21,24). The Morgan fingerprint density at radius 2 is 2.00 bits per heavy atom. The Kier molecular flexibility index (Phi) is 7.67. The normalized spacial score (nSPS) is 15.5. The van der Waals surface area contributed by atoms with E-state index in [4.69, 9.17) is 0 Å². The first-order chi connectivity index (χ1) is 12.1. The van der Waals surface area contributed by atoms with Gasteiger partial charge >= 0.3 is 0 Å². The van der Waals surface area contributed by atoms with E-state index in [9.17, 15) is 9.59 Å². The van der Waals surface area contributed by atoms with Crippen molar-refractivity contribution in [1.29, 1.82) is 0 Å². The molecule has 1 aromatic carbocycles. The zero-order chi connectivity index (χ0) is 18.1. The lowest BCUT2D eigenvalue weighted by Crippen LogP contribution is -2.40. The number of benzene rings is 1. The van der Waals surface area contributed by atoms with E-state index < -0.39 is 0 Å². The van der Waals surface area contributed by atoms with Crippen LogP contribution in [0.4, 0.5) is 0 Å². The van der Waals surface area contributed by atoms with E-state index in [2.05, 4.69) is 35.9 Å². The maximum absolute atomic E-state index is 12.5. The van der Waals surface area contributed by atoms with Crippen molar-refractivity contribution in [2.45, 2.75) is 26.2 Å². The van der Waals surface area contributed by atoms with Crippen molar-refractivity contribution >= 4 is 11.8 Å². The third-order valence-electron chi connectivity index (χ3n) is 4.62. The second-order valence-corrected chi connectivity index (χ2v) is 6.53. The largest absolute Gasteiger partial charge is 0.352 e. The van der Waals surface area contributed by atoms with E-state index in [0.29, 0.717) is 26.1 Å². The summed E-state index contributed by atoms with van der Waals surface area (Å²) in [5, 5.41) is 2.80. The molecule has 5 nitrogen and oxygen atoms in total. The Morgan fingerprint density at radius 3 is 2.76 bits per heavy atom. The number of hydrogen-bond acceptors (Lipinski definition) is 3. The van der Waals surface area contributed by atoms with E-state index in [-0.39, 0.29) is 11.8 Å². The molecule has 1 aliphatic rings. The average molecular weight is 343 g/mol. The summed E-state index contributed by atoms with van der Waals surface area (Å²) in [4.78, 5) is 28.4. The monoisotopic (exact) mass is 343 g/mol. The second kappa shape index (κ2) is 9.99. The Labute approximate surface area is 150 Å². The zero-order valence-electron chi connectivity index (χ0n) is 15.2. The van der Waals surface area contributed by atoms with E-state index in [1.807, 2.05) is 17.0 Å². The first kappa shape index (κ1) is 19.2. The van der Waals surface area contributed by atoms with Crippen LogP contribution in [0.5, 0.6) is 0 Å². The van der Waals surface area contributed by atoms with E-state index in [0.717, 1.165) is 32.5 Å². The SMILES string of the molecule is C=CCNC(=O)CN1CCCN(C(=O)CCc2ccccc2C)CC1. The van der Waals surface area contributed by atoms with Gasteiger partial charge in [0.2, 0.25) is 11.8 Å². The van der Waals surface area contributed by atoms with Gasteiger partial charge in [-0.25, -0.2) is 0 Å². The van der Waals surface area contributed by atoms with Gasteiger partial charge in [0.15, 0.2) is 0 Å². The lowest BCUT2D eigenvalue weighted by Gasteiger charge is -2.22. The molecule has 0 aromatic heterocycles. The summed E-state index contributed by atoms with van der Waals surface area (Å²) >= 11 is 0. The Hall–Kier alpha value is -2.14. The molecule has 2 amide bonds. The fourth-order valence-electron chi connectivity index (χ4n) is 3.11. The minimum absolute atomic E-state index is 0.0132. The molecule has 0 atom stereocenters. The van der Waals surface area contributed by atoms with Crippen LogP contribution in [0.25, 0.3) is 0 Å². The van der Waals surface area contributed by atoms with Gasteiger partial charge in [-0.15, -0.1) is 6.58 Å². The van der Waals surface area contributed by atoms with Crippen LogP contribution in [-0.4, -0.2) is 60.9 Å². The molecule has 25 heavy (non-hydrogen) atoms. The molecular weight excluding hydrogens is 314 g/mol. The molecule has 0 bridgehead atoms. The molecule has 0 saturated carbocycles. The molecule has 0 unspecified atom stereocenters. The topological polar surface area (TPSA) is 52.7 Å². The molecule has 1 aliphatic heterocycles. The predicted molar refractivity (Wildman–Crippen MR) is 100 cm³/mol. The molecular formula is C20H29N3O2. The highest BCUT2D eigenvalue weighted by Gasteiger charge is 2.20. The summed E-state index contributed by atoms with van der Waals surface area (Å²) < 4.78 is 0. The maximum Gasteiger partial charge on any atom is 0.234 e. The predicted octanol–water partition coefficient (Wildman–Crippen LogP) is 1.76. The molecule has 5 heteroatoms. The third kappa shape index (κ3) is 6.35. The molecule has 0 radical (unpaired) electrons. The van der Waals surface area contributed by atoms with Crippen LogP contribution in [0.2, 0.25) is 0 Å². The van der Waals surface area contributed by atoms with E-state index >= 15 is 0 Å². The summed E-state index contributed by atoms with van der Waals surface area (Å²) in [6, 6.07) is 8.22. The van der Waals surface area contributed by atoms with Crippen molar-refractivity contribution in [2.24, 2.45) is 0 Å². The Morgan fingerprint density at radius 1 is 1.20 bits per heavy atom. The van der Waals surface area contributed by atoms with Crippen molar-refractivity contribution in [3.8, 4) is 0 Å². The first-order valence-electron chi connectivity index (χ1n) is 9.02. The van der Waals surface area contributed by atoms with Gasteiger partial charge in [0.25, 0.3) is 0 Å². The van der Waals surface area contributed by atoms with Crippen LogP contribution in [0.15, 0.2) is 36.9 Å². The maximum atomic E-state index is 12.5. The number of rotatable bonds is 7. The zero-order valence-corrected chi connectivity index (χ0v) is 15.2. The quantitative estimate of drug-likeness (QED) is 0.768. The van der Waals surface area contributed by atoms with Crippen LogP contribution in [-0.2, 0) is 16.0 Å². The van der Waals surface area contributed by atoms with Crippen molar-refractivity contribution in [3.63, 3.8) is 0 Å². The number of hydrogen-bond donors (Lipinski definition) is 1. The van der Waals surface area contributed by atoms with Crippen molar-refractivity contribution in [2.75, 3.05) is 39.3 Å². The molecule has 0 spiro atoms. The lowest BCUT2D eigenvalue weighted by atomic mass is 10.0. The van der Waals surface area contributed by atoms with Gasteiger partial charge < -0.3 is 10.2 Å². The fourth-order valence-corrected chi connectivity index (χ4v) is 3.11. The van der Waals surface area contributed by atoms with Crippen LogP contribution >= 0.6 is 0 Å².